The molecule has 1 aromatic carbocycles. The van der Waals surface area contributed by atoms with E-state index in [-0.39, 0.29) is 36.4 Å². The van der Waals surface area contributed by atoms with Crippen LogP contribution in [0.1, 0.15) is 28.3 Å². The van der Waals surface area contributed by atoms with Crippen molar-refractivity contribution in [3.63, 3.8) is 0 Å². The minimum absolute atomic E-state index is 0. The Balaban J connectivity index is 0.00000225. The maximum atomic E-state index is 13.9. The molecule has 0 radical (unpaired) electrons. The highest BCUT2D eigenvalue weighted by Gasteiger charge is 2.30. The first-order valence-electron chi connectivity index (χ1n) is 7.17. The van der Waals surface area contributed by atoms with Crippen molar-refractivity contribution in [1.29, 1.82) is 0 Å². The van der Waals surface area contributed by atoms with Gasteiger partial charge < -0.3 is 11.1 Å². The van der Waals surface area contributed by atoms with Crippen molar-refractivity contribution >= 4 is 45.4 Å². The minimum atomic E-state index is -3.96. The van der Waals surface area contributed by atoms with Crippen LogP contribution in [0.5, 0.6) is 0 Å². The zero-order valence-corrected chi connectivity index (χ0v) is 15.3. The van der Waals surface area contributed by atoms with Crippen molar-refractivity contribution in [2.75, 3.05) is 5.32 Å². The van der Waals surface area contributed by atoms with Crippen LogP contribution in [0.4, 0.5) is 10.1 Å². The van der Waals surface area contributed by atoms with Crippen LogP contribution in [0.3, 0.4) is 0 Å². The van der Waals surface area contributed by atoms with Gasteiger partial charge in [0.1, 0.15) is 21.4 Å². The molecule has 1 fully saturated rings. The number of benzene rings is 1. The van der Waals surface area contributed by atoms with Gasteiger partial charge in [0.2, 0.25) is 10.0 Å². The number of anilines is 1. The number of carbonyl (C=O) groups excluding carboxylic acids is 1. The van der Waals surface area contributed by atoms with Gasteiger partial charge in [-0.15, -0.1) is 23.7 Å². The van der Waals surface area contributed by atoms with Gasteiger partial charge in [0.05, 0.1) is 0 Å². The number of halogens is 2. The number of sulfonamides is 1. The monoisotopic (exact) mass is 406 g/mol. The highest BCUT2D eigenvalue weighted by Crippen LogP contribution is 2.25. The molecule has 1 aromatic heterocycles. The number of thiazole rings is 1. The molecule has 1 aliphatic rings. The molecule has 25 heavy (non-hydrogen) atoms. The number of carbonyl (C=O) groups is 1. The van der Waals surface area contributed by atoms with E-state index in [0.717, 1.165) is 25.0 Å². The molecule has 0 bridgehead atoms. The molecule has 136 valence electrons. The summed E-state index contributed by atoms with van der Waals surface area (Å²) >= 11 is 1.25. The lowest BCUT2D eigenvalue weighted by molar-refractivity contribution is 0.102. The Labute approximate surface area is 154 Å². The highest BCUT2D eigenvalue weighted by molar-refractivity contribution is 7.89. The molecule has 1 heterocycles. The zero-order valence-electron chi connectivity index (χ0n) is 12.9. The fraction of sp³-hybridized carbons (Fsp3) is 0.286. The second-order valence-corrected chi connectivity index (χ2v) is 7.95. The van der Waals surface area contributed by atoms with Crippen molar-refractivity contribution in [2.24, 2.45) is 5.73 Å². The Morgan fingerprint density at radius 2 is 2.12 bits per heavy atom. The number of nitrogens with one attached hydrogen (secondary N) is 2. The quantitative estimate of drug-likeness (QED) is 0.677. The van der Waals surface area contributed by atoms with E-state index in [1.807, 2.05) is 0 Å². The molecule has 11 heteroatoms. The van der Waals surface area contributed by atoms with Crippen LogP contribution in [-0.2, 0) is 16.6 Å². The van der Waals surface area contributed by atoms with Crippen LogP contribution in [0.25, 0.3) is 0 Å². The molecule has 3 rings (SSSR count). The molecule has 2 aromatic rings. The Hall–Kier alpha value is -1.59. The normalized spacial score (nSPS) is 14.0. The Morgan fingerprint density at radius 3 is 2.72 bits per heavy atom. The van der Waals surface area contributed by atoms with E-state index in [9.17, 15) is 17.6 Å². The van der Waals surface area contributed by atoms with E-state index >= 15 is 0 Å². The van der Waals surface area contributed by atoms with Gasteiger partial charge in [0.25, 0.3) is 5.91 Å². The lowest BCUT2D eigenvalue weighted by atomic mass is 10.3. The SMILES string of the molecule is Cl.NCc1nc(C(=O)Nc2ccc(F)c(S(=O)(=O)NC3CC3)c2)cs1. The highest BCUT2D eigenvalue weighted by atomic mass is 35.5. The summed E-state index contributed by atoms with van der Waals surface area (Å²) in [6.45, 7) is 0.226. The van der Waals surface area contributed by atoms with Crippen LogP contribution in [0.2, 0.25) is 0 Å². The minimum Gasteiger partial charge on any atom is -0.325 e. The number of hydrogen-bond donors (Lipinski definition) is 3. The van der Waals surface area contributed by atoms with E-state index in [4.69, 9.17) is 5.73 Å². The lowest BCUT2D eigenvalue weighted by Crippen LogP contribution is -2.26. The van der Waals surface area contributed by atoms with E-state index in [1.165, 1.54) is 17.4 Å². The molecule has 0 atom stereocenters. The lowest BCUT2D eigenvalue weighted by Gasteiger charge is -2.09. The van der Waals surface area contributed by atoms with Crippen molar-refractivity contribution in [3.05, 3.63) is 40.1 Å². The molecule has 1 aliphatic carbocycles. The molecule has 1 amide bonds. The standard InChI is InChI=1S/C14H15FN4O3S2.ClH/c15-10-4-3-9(5-12(10)24(21,22)19-8-1-2-8)17-14(20)11-7-23-13(6-16)18-11;/h3-5,7-8,19H,1-2,6,16H2,(H,17,20);1H. The van der Waals surface area contributed by atoms with Gasteiger partial charge in [-0.25, -0.2) is 22.5 Å². The summed E-state index contributed by atoms with van der Waals surface area (Å²) in [4.78, 5) is 15.7. The van der Waals surface area contributed by atoms with Gasteiger partial charge in [-0.2, -0.15) is 0 Å². The number of hydrogen-bond acceptors (Lipinski definition) is 6. The summed E-state index contributed by atoms with van der Waals surface area (Å²) in [5, 5.41) is 4.67. The Kier molecular flexibility index (Phi) is 6.12. The number of amides is 1. The van der Waals surface area contributed by atoms with Gasteiger partial charge in [-0.3, -0.25) is 4.79 Å². The third-order valence-corrected chi connectivity index (χ3v) is 5.74. The van der Waals surface area contributed by atoms with Crippen molar-refractivity contribution < 1.29 is 17.6 Å². The van der Waals surface area contributed by atoms with Gasteiger partial charge in [-0.1, -0.05) is 0 Å². The van der Waals surface area contributed by atoms with E-state index in [0.29, 0.717) is 5.01 Å². The second-order valence-electron chi connectivity index (χ2n) is 5.33. The summed E-state index contributed by atoms with van der Waals surface area (Å²) in [7, 11) is -3.96. The van der Waals surface area contributed by atoms with Crippen LogP contribution >= 0.6 is 23.7 Å². The summed E-state index contributed by atoms with van der Waals surface area (Å²) in [6, 6.07) is 3.24. The summed E-state index contributed by atoms with van der Waals surface area (Å²) in [5.74, 6) is -1.39. The number of nitrogens with zero attached hydrogens (tertiary/aromatic N) is 1. The predicted molar refractivity (Wildman–Crippen MR) is 95.0 cm³/mol. The van der Waals surface area contributed by atoms with Crippen molar-refractivity contribution in [1.82, 2.24) is 9.71 Å². The number of rotatable bonds is 6. The Morgan fingerprint density at radius 1 is 1.40 bits per heavy atom. The fourth-order valence-electron chi connectivity index (χ4n) is 1.98. The predicted octanol–water partition coefficient (Wildman–Crippen LogP) is 1.86. The number of aromatic nitrogens is 1. The molecule has 0 aliphatic heterocycles. The third kappa shape index (κ3) is 4.73. The van der Waals surface area contributed by atoms with Gasteiger partial charge >= 0.3 is 0 Å². The van der Waals surface area contributed by atoms with Crippen LogP contribution in [0, 0.1) is 5.82 Å². The van der Waals surface area contributed by atoms with Gasteiger partial charge in [0.15, 0.2) is 0 Å². The van der Waals surface area contributed by atoms with E-state index in [1.54, 1.807) is 5.38 Å². The maximum absolute atomic E-state index is 13.9. The van der Waals surface area contributed by atoms with Crippen molar-refractivity contribution in [3.8, 4) is 0 Å². The second kappa shape index (κ2) is 7.75. The average Bonchev–Trinajstić information content (AvgIpc) is 3.20. The summed E-state index contributed by atoms with van der Waals surface area (Å²) in [6.07, 6.45) is 1.48. The fourth-order valence-corrected chi connectivity index (χ4v) is 4.04. The Bertz CT molecular complexity index is 884. The third-order valence-electron chi connectivity index (χ3n) is 3.34. The molecular weight excluding hydrogens is 391 g/mol. The summed E-state index contributed by atoms with van der Waals surface area (Å²) < 4.78 is 40.6. The first-order chi connectivity index (χ1) is 11.4. The maximum Gasteiger partial charge on any atom is 0.275 e. The van der Waals surface area contributed by atoms with Gasteiger partial charge in [-0.05, 0) is 31.0 Å². The molecular formula is C14H16ClFN4O3S2. The van der Waals surface area contributed by atoms with Crippen LogP contribution in [0.15, 0.2) is 28.5 Å². The summed E-state index contributed by atoms with van der Waals surface area (Å²) in [5.41, 5.74) is 5.78. The largest absolute Gasteiger partial charge is 0.325 e. The molecule has 0 unspecified atom stereocenters. The molecule has 1 saturated carbocycles. The smallest absolute Gasteiger partial charge is 0.275 e. The van der Waals surface area contributed by atoms with Crippen molar-refractivity contribution in [2.45, 2.75) is 30.3 Å². The van der Waals surface area contributed by atoms with Gasteiger partial charge in [0, 0.05) is 23.7 Å². The topological polar surface area (TPSA) is 114 Å². The average molecular weight is 407 g/mol. The van der Waals surface area contributed by atoms with Crippen LogP contribution in [-0.4, -0.2) is 25.4 Å². The van der Waals surface area contributed by atoms with Crippen LogP contribution < -0.4 is 15.8 Å². The first kappa shape index (κ1) is 19.7. The first-order valence-corrected chi connectivity index (χ1v) is 9.53. The van der Waals surface area contributed by atoms with E-state index < -0.39 is 26.6 Å². The van der Waals surface area contributed by atoms with E-state index in [2.05, 4.69) is 15.0 Å². The molecule has 0 spiro atoms. The molecule has 0 saturated heterocycles. The molecule has 4 N–H and O–H groups in total. The molecule has 7 nitrogen and oxygen atoms in total. The number of nitrogens with two attached hydrogens (primary N) is 1. The zero-order chi connectivity index (χ0) is 17.3.